The smallest absolute Gasteiger partial charge is 0.0487 e. The van der Waals surface area contributed by atoms with Crippen molar-refractivity contribution in [3.8, 4) is 0 Å². The van der Waals surface area contributed by atoms with Crippen LogP contribution in [0.25, 0.3) is 0 Å². The Morgan fingerprint density at radius 1 is 0.483 bits per heavy atom. The lowest BCUT2D eigenvalue weighted by Crippen LogP contribution is -2.61. The Kier molecular flexibility index (Phi) is 11.9. The average molecular weight is 786 g/mol. The van der Waals surface area contributed by atoms with Crippen LogP contribution in [0.4, 0.5) is 34.1 Å². The fourth-order valence-electron chi connectivity index (χ4n) is 9.53. The van der Waals surface area contributed by atoms with Crippen LogP contribution in [0.5, 0.6) is 0 Å². The van der Waals surface area contributed by atoms with Gasteiger partial charge in [-0.25, -0.2) is 20.3 Å². The minimum Gasteiger partial charge on any atom is -0.311 e. The van der Waals surface area contributed by atoms with Gasteiger partial charge in [0.2, 0.25) is 0 Å². The number of fused-ring (bicyclic) bond motifs is 2. The summed E-state index contributed by atoms with van der Waals surface area (Å²) in [5, 5.41) is 2.36. The van der Waals surface area contributed by atoms with E-state index in [1.165, 1.54) is 36.8 Å². The summed E-state index contributed by atoms with van der Waals surface area (Å²) in [6.07, 6.45) is 4.93. The van der Waals surface area contributed by atoms with E-state index in [1.54, 1.807) is 12.1 Å². The van der Waals surface area contributed by atoms with Crippen molar-refractivity contribution in [2.75, 3.05) is 16.3 Å². The monoisotopic (exact) mass is 785 g/mol. The maximum Gasteiger partial charge on any atom is 0.0487 e. The largest absolute Gasteiger partial charge is 0.311 e. The molecule has 4 N–H and O–H groups in total. The first-order valence-electron chi connectivity index (χ1n) is 21.2. The number of anilines is 6. The minimum absolute atomic E-state index is 0.179. The highest BCUT2D eigenvalue weighted by atomic mass is 32.2. The Morgan fingerprint density at radius 2 is 0.845 bits per heavy atom. The second-order valence-electron chi connectivity index (χ2n) is 16.0. The van der Waals surface area contributed by atoms with Crippen LogP contribution in [0, 0.1) is 5.92 Å². The number of nitrogens with zero attached hydrogens (tertiary/aromatic N) is 3. The minimum atomic E-state index is 0.179. The predicted octanol–water partition coefficient (Wildman–Crippen LogP) is 11.3. The maximum atomic E-state index is 4.08. The lowest BCUT2D eigenvalue weighted by Gasteiger charge is -2.46. The van der Waals surface area contributed by atoms with Gasteiger partial charge in [0.1, 0.15) is 0 Å². The topological polar surface area (TPSA) is 57.8 Å². The van der Waals surface area contributed by atoms with E-state index in [2.05, 4.69) is 219 Å². The normalized spacial score (nSPS) is 23.2. The van der Waals surface area contributed by atoms with Gasteiger partial charge in [-0.1, -0.05) is 130 Å². The Bertz CT molecular complexity index is 1950. The van der Waals surface area contributed by atoms with E-state index in [-0.39, 0.29) is 36.0 Å². The quantitative estimate of drug-likeness (QED) is 0.0815. The van der Waals surface area contributed by atoms with Crippen LogP contribution in [0.2, 0.25) is 0 Å². The molecule has 2 saturated heterocycles. The lowest BCUT2D eigenvalue weighted by atomic mass is 9.65. The van der Waals surface area contributed by atoms with Gasteiger partial charge in [0.25, 0.3) is 0 Å². The lowest BCUT2D eigenvalue weighted by molar-refractivity contribution is 0.128. The summed E-state index contributed by atoms with van der Waals surface area (Å²) in [5.41, 5.74) is 17.7. The molecule has 1 saturated carbocycles. The summed E-state index contributed by atoms with van der Waals surface area (Å²) in [5.74, 6) is 1.08. The van der Waals surface area contributed by atoms with Crippen LogP contribution >= 0.6 is 12.1 Å². The van der Waals surface area contributed by atoms with E-state index in [9.17, 15) is 0 Å². The number of rotatable bonds is 14. The molecule has 6 aromatic carbocycles. The van der Waals surface area contributed by atoms with Gasteiger partial charge in [-0.2, -0.15) is 5.12 Å². The molecule has 7 unspecified atom stereocenters. The second-order valence-corrected chi connectivity index (χ2v) is 16.6. The van der Waals surface area contributed by atoms with Gasteiger partial charge in [0.05, 0.1) is 0 Å². The first-order chi connectivity index (χ1) is 28.7. The van der Waals surface area contributed by atoms with Crippen LogP contribution in [0.3, 0.4) is 0 Å². The van der Waals surface area contributed by atoms with E-state index >= 15 is 0 Å². The maximum absolute atomic E-state index is 4.08. The molecule has 0 aromatic heterocycles. The number of hydrogen-bond donors (Lipinski definition) is 4. The molecule has 3 fully saturated rings. The summed E-state index contributed by atoms with van der Waals surface area (Å²) in [6, 6.07) is 62.2. The molecule has 0 amide bonds. The Labute approximate surface area is 349 Å². The van der Waals surface area contributed by atoms with Gasteiger partial charge in [-0.05, 0) is 96.3 Å². The van der Waals surface area contributed by atoms with Crippen LogP contribution in [-0.4, -0.2) is 35.8 Å². The molecule has 0 radical (unpaired) electrons. The van der Waals surface area contributed by atoms with E-state index < -0.39 is 0 Å². The molecule has 9 rings (SSSR count). The molecule has 7 atom stereocenters. The number of unbranched alkanes of at least 4 members (excludes halogenated alkanes) is 1. The first kappa shape index (κ1) is 38.6. The van der Waals surface area contributed by atoms with Crippen molar-refractivity contribution in [1.29, 1.82) is 0 Å². The molecule has 1 aliphatic carbocycles. The molecule has 58 heavy (non-hydrogen) atoms. The van der Waals surface area contributed by atoms with Crippen molar-refractivity contribution in [3.05, 3.63) is 181 Å². The Morgan fingerprint density at radius 3 is 1.19 bits per heavy atom. The van der Waals surface area contributed by atoms with Crippen molar-refractivity contribution in [2.24, 2.45) is 5.92 Å². The first-order valence-corrected chi connectivity index (χ1v) is 22.0. The van der Waals surface area contributed by atoms with Crippen LogP contribution in [0.15, 0.2) is 170 Å². The predicted molar refractivity (Wildman–Crippen MR) is 243 cm³/mol. The van der Waals surface area contributed by atoms with Crippen LogP contribution < -0.4 is 30.1 Å². The van der Waals surface area contributed by atoms with Crippen LogP contribution in [0.1, 0.15) is 62.5 Å². The second kappa shape index (κ2) is 17.9. The standard InChI is InChI=1S/C50H55N7S/c1-3-5-18-36(4-2)35-55-51-47-45(37-27-31-43(32-28-37)56(39-19-10-6-11-20-39)40-21-12-7-13-22-40)49-50(54-58-53-49)46(48(47)52-55)38-29-33-44(34-30-38)57(41-23-14-8-15-24-41)42-25-16-9-17-26-42/h6-17,19-34,36,45-54H,3-5,18,35H2,1-2H3. The summed E-state index contributed by atoms with van der Waals surface area (Å²) < 4.78 is 7.75. The molecule has 7 nitrogen and oxygen atoms in total. The van der Waals surface area contributed by atoms with Gasteiger partial charge in [0.15, 0.2) is 0 Å². The van der Waals surface area contributed by atoms with Crippen molar-refractivity contribution in [2.45, 2.75) is 75.5 Å². The fourth-order valence-corrected chi connectivity index (χ4v) is 10.5. The average Bonchev–Trinajstić information content (AvgIpc) is 3.94. The zero-order valence-corrected chi connectivity index (χ0v) is 34.3. The third-order valence-corrected chi connectivity index (χ3v) is 13.2. The molecule has 0 spiro atoms. The Balaban J connectivity index is 1.06. The third kappa shape index (κ3) is 7.93. The molecular weight excluding hydrogens is 731 g/mol. The molecule has 3 aliphatic rings. The molecule has 2 heterocycles. The summed E-state index contributed by atoms with van der Waals surface area (Å²) in [4.78, 5) is 4.69. The van der Waals surface area contributed by atoms with Gasteiger partial charge in [-0.15, -0.1) is 0 Å². The number of benzene rings is 6. The van der Waals surface area contributed by atoms with Gasteiger partial charge in [-0.3, -0.25) is 0 Å². The molecule has 6 aromatic rings. The van der Waals surface area contributed by atoms with Crippen molar-refractivity contribution in [3.63, 3.8) is 0 Å². The number of hydrogen-bond acceptors (Lipinski definition) is 8. The molecule has 8 heteroatoms. The number of hydrazine groups is 2. The highest BCUT2D eigenvalue weighted by Crippen LogP contribution is 2.47. The van der Waals surface area contributed by atoms with Gasteiger partial charge in [0, 0.05) is 88.8 Å². The van der Waals surface area contributed by atoms with Crippen molar-refractivity contribution in [1.82, 2.24) is 25.4 Å². The fraction of sp³-hybridized carbons (Fsp3) is 0.280. The number of para-hydroxylation sites is 4. The van der Waals surface area contributed by atoms with Crippen LogP contribution in [-0.2, 0) is 0 Å². The highest BCUT2D eigenvalue weighted by Gasteiger charge is 2.56. The van der Waals surface area contributed by atoms with Gasteiger partial charge < -0.3 is 9.80 Å². The van der Waals surface area contributed by atoms with Crippen molar-refractivity contribution < 1.29 is 0 Å². The third-order valence-electron chi connectivity index (χ3n) is 12.4. The zero-order valence-electron chi connectivity index (χ0n) is 33.5. The van der Waals surface area contributed by atoms with E-state index in [1.807, 2.05) is 0 Å². The number of nitrogens with one attached hydrogen (secondary N) is 4. The van der Waals surface area contributed by atoms with E-state index in [4.69, 9.17) is 0 Å². The summed E-state index contributed by atoms with van der Waals surface area (Å²) in [6.45, 7) is 5.63. The van der Waals surface area contributed by atoms with Gasteiger partial charge >= 0.3 is 0 Å². The highest BCUT2D eigenvalue weighted by molar-refractivity contribution is 7.95. The molecule has 0 bridgehead atoms. The van der Waals surface area contributed by atoms with E-state index in [0.29, 0.717) is 5.92 Å². The molecular formula is C50H55N7S. The summed E-state index contributed by atoms with van der Waals surface area (Å²) >= 11 is 1.66. The zero-order chi connectivity index (χ0) is 39.3. The van der Waals surface area contributed by atoms with E-state index in [0.717, 1.165) is 40.7 Å². The molecule has 296 valence electrons. The summed E-state index contributed by atoms with van der Waals surface area (Å²) in [7, 11) is 0. The SMILES string of the molecule is CCCCC(CC)CN1NC2C(N1)C(c1ccc(N(c3ccccc3)c3ccccc3)cc1)C1NSNC1C2c1ccc(N(c2ccccc2)c2ccccc2)cc1. The Hall–Kier alpha value is -4.93. The molecule has 2 aliphatic heterocycles. The van der Waals surface area contributed by atoms with Crippen molar-refractivity contribution >= 4 is 46.3 Å².